The highest BCUT2D eigenvalue weighted by Gasteiger charge is 2.42. The number of aliphatic carboxylic acids is 1. The number of rotatable bonds is 2. The number of hydrogen-bond acceptors (Lipinski definition) is 3. The van der Waals surface area contributed by atoms with Crippen LogP contribution in [-0.4, -0.2) is 63.8 Å². The molecular formula is C15H26N2O4. The number of carboxylic acids is 1. The molecule has 2 amide bonds. The molecule has 6 nitrogen and oxygen atoms in total. The van der Waals surface area contributed by atoms with Gasteiger partial charge < -0.3 is 20.0 Å². The van der Waals surface area contributed by atoms with Crippen LogP contribution in [0, 0.1) is 5.41 Å². The summed E-state index contributed by atoms with van der Waals surface area (Å²) in [5.41, 5.74) is -1.33. The fraction of sp³-hybridized carbons (Fsp3) is 0.867. The Morgan fingerprint density at radius 1 is 1.00 bits per heavy atom. The smallest absolute Gasteiger partial charge is 0.320 e. The highest BCUT2D eigenvalue weighted by molar-refractivity contribution is 5.77. The van der Waals surface area contributed by atoms with E-state index in [1.807, 2.05) is 6.92 Å². The van der Waals surface area contributed by atoms with Gasteiger partial charge in [0.25, 0.3) is 0 Å². The van der Waals surface area contributed by atoms with E-state index in [4.69, 9.17) is 0 Å². The third-order valence-electron chi connectivity index (χ3n) is 5.23. The van der Waals surface area contributed by atoms with Crippen LogP contribution in [0.3, 0.4) is 0 Å². The first-order valence-electron chi connectivity index (χ1n) is 7.79. The van der Waals surface area contributed by atoms with Crippen LogP contribution in [0.4, 0.5) is 4.79 Å². The average molecular weight is 298 g/mol. The summed E-state index contributed by atoms with van der Waals surface area (Å²) in [6, 6.07) is -0.0133. The monoisotopic (exact) mass is 298 g/mol. The second-order valence-electron chi connectivity index (χ2n) is 6.69. The summed E-state index contributed by atoms with van der Waals surface area (Å²) in [5.74, 6) is -0.744. The van der Waals surface area contributed by atoms with Crippen LogP contribution in [0.15, 0.2) is 0 Å². The van der Waals surface area contributed by atoms with Crippen LogP contribution in [0.5, 0.6) is 0 Å². The third-order valence-corrected chi connectivity index (χ3v) is 5.23. The molecule has 0 radical (unpaired) electrons. The Kier molecular flexibility index (Phi) is 4.46. The first-order valence-corrected chi connectivity index (χ1v) is 7.79. The molecule has 0 aromatic heterocycles. The maximum absolute atomic E-state index is 12.5. The molecule has 0 saturated carbocycles. The SMILES string of the molecule is CCC1(C(=O)O)CCN(C(=O)N2CCC(C)(O)CC2)CC1. The minimum Gasteiger partial charge on any atom is -0.481 e. The van der Waals surface area contributed by atoms with E-state index in [9.17, 15) is 19.8 Å². The zero-order valence-corrected chi connectivity index (χ0v) is 13.0. The molecule has 2 heterocycles. The predicted molar refractivity (Wildman–Crippen MR) is 78.0 cm³/mol. The lowest BCUT2D eigenvalue weighted by atomic mass is 9.76. The number of amides is 2. The van der Waals surface area contributed by atoms with Crippen molar-refractivity contribution >= 4 is 12.0 Å². The lowest BCUT2D eigenvalue weighted by Crippen LogP contribution is -2.53. The van der Waals surface area contributed by atoms with Crippen LogP contribution in [0.2, 0.25) is 0 Å². The quantitative estimate of drug-likeness (QED) is 0.810. The highest BCUT2D eigenvalue weighted by Crippen LogP contribution is 2.35. The topological polar surface area (TPSA) is 81.1 Å². The molecule has 0 aromatic rings. The van der Waals surface area contributed by atoms with Crippen molar-refractivity contribution in [1.29, 1.82) is 0 Å². The molecule has 0 aromatic carbocycles. The van der Waals surface area contributed by atoms with Crippen LogP contribution < -0.4 is 0 Å². The van der Waals surface area contributed by atoms with Crippen molar-refractivity contribution in [2.24, 2.45) is 5.41 Å². The van der Waals surface area contributed by atoms with Crippen LogP contribution >= 0.6 is 0 Å². The van der Waals surface area contributed by atoms with Crippen molar-refractivity contribution in [3.63, 3.8) is 0 Å². The van der Waals surface area contributed by atoms with Gasteiger partial charge in [-0.3, -0.25) is 4.79 Å². The van der Waals surface area contributed by atoms with Gasteiger partial charge in [-0.15, -0.1) is 0 Å². The van der Waals surface area contributed by atoms with E-state index >= 15 is 0 Å². The molecule has 120 valence electrons. The van der Waals surface area contributed by atoms with Gasteiger partial charge in [0.1, 0.15) is 0 Å². The minimum atomic E-state index is -0.744. The zero-order chi connectivity index (χ0) is 15.7. The van der Waals surface area contributed by atoms with Gasteiger partial charge in [0.2, 0.25) is 0 Å². The first kappa shape index (κ1) is 16.1. The van der Waals surface area contributed by atoms with Crippen LogP contribution in [-0.2, 0) is 4.79 Å². The summed E-state index contributed by atoms with van der Waals surface area (Å²) >= 11 is 0. The van der Waals surface area contributed by atoms with Crippen molar-refractivity contribution in [1.82, 2.24) is 9.80 Å². The van der Waals surface area contributed by atoms with E-state index in [0.29, 0.717) is 58.3 Å². The molecule has 2 saturated heterocycles. The zero-order valence-electron chi connectivity index (χ0n) is 13.0. The van der Waals surface area contributed by atoms with Crippen molar-refractivity contribution in [2.45, 2.75) is 51.6 Å². The van der Waals surface area contributed by atoms with E-state index in [1.54, 1.807) is 16.7 Å². The maximum Gasteiger partial charge on any atom is 0.320 e. The van der Waals surface area contributed by atoms with Crippen molar-refractivity contribution in [3.8, 4) is 0 Å². The second kappa shape index (κ2) is 5.83. The van der Waals surface area contributed by atoms with Gasteiger partial charge >= 0.3 is 12.0 Å². The average Bonchev–Trinajstić information content (AvgIpc) is 2.46. The maximum atomic E-state index is 12.5. The predicted octanol–water partition coefficient (Wildman–Crippen LogP) is 1.53. The summed E-state index contributed by atoms with van der Waals surface area (Å²) in [6.45, 7) is 5.86. The highest BCUT2D eigenvalue weighted by atomic mass is 16.4. The summed E-state index contributed by atoms with van der Waals surface area (Å²) in [7, 11) is 0. The van der Waals surface area contributed by atoms with Crippen LogP contribution in [0.25, 0.3) is 0 Å². The molecule has 6 heteroatoms. The minimum absolute atomic E-state index is 0.0133. The molecule has 2 aliphatic heterocycles. The summed E-state index contributed by atoms with van der Waals surface area (Å²) in [5, 5.41) is 19.3. The lowest BCUT2D eigenvalue weighted by Gasteiger charge is -2.42. The summed E-state index contributed by atoms with van der Waals surface area (Å²) in [6.07, 6.45) is 2.85. The van der Waals surface area contributed by atoms with Gasteiger partial charge in [0, 0.05) is 26.2 Å². The van der Waals surface area contributed by atoms with Crippen LogP contribution in [0.1, 0.15) is 46.0 Å². The Hall–Kier alpha value is -1.30. The Bertz CT molecular complexity index is 404. The fourth-order valence-electron chi connectivity index (χ4n) is 3.22. The molecular weight excluding hydrogens is 272 g/mol. The number of carboxylic acid groups (broad SMARTS) is 1. The van der Waals surface area contributed by atoms with E-state index in [0.717, 1.165) is 0 Å². The molecule has 0 spiro atoms. The Morgan fingerprint density at radius 2 is 1.43 bits per heavy atom. The molecule has 2 fully saturated rings. The molecule has 2 N–H and O–H groups in total. The molecule has 0 bridgehead atoms. The summed E-state index contributed by atoms with van der Waals surface area (Å²) < 4.78 is 0. The normalized spacial score (nSPS) is 24.7. The lowest BCUT2D eigenvalue weighted by molar-refractivity contribution is -0.152. The van der Waals surface area contributed by atoms with Gasteiger partial charge in [-0.1, -0.05) is 6.92 Å². The molecule has 21 heavy (non-hydrogen) atoms. The van der Waals surface area contributed by atoms with Crippen molar-refractivity contribution < 1.29 is 19.8 Å². The standard InChI is InChI=1S/C15H26N2O4/c1-3-15(12(18)19)6-10-17(11-7-15)13(20)16-8-4-14(2,21)5-9-16/h21H,3-11H2,1-2H3,(H,18,19). The Morgan fingerprint density at radius 3 is 1.81 bits per heavy atom. The van der Waals surface area contributed by atoms with E-state index in [2.05, 4.69) is 0 Å². The number of piperidine rings is 2. The van der Waals surface area contributed by atoms with Crippen molar-refractivity contribution in [3.05, 3.63) is 0 Å². The van der Waals surface area contributed by atoms with Gasteiger partial charge in [-0.2, -0.15) is 0 Å². The van der Waals surface area contributed by atoms with Gasteiger partial charge in [-0.05, 0) is 39.0 Å². The number of nitrogens with zero attached hydrogens (tertiary/aromatic N) is 2. The Balaban J connectivity index is 1.90. The third kappa shape index (κ3) is 3.31. The fourth-order valence-corrected chi connectivity index (χ4v) is 3.22. The number of likely N-dealkylation sites (tertiary alicyclic amines) is 2. The summed E-state index contributed by atoms with van der Waals surface area (Å²) in [4.78, 5) is 27.4. The van der Waals surface area contributed by atoms with E-state index < -0.39 is 17.0 Å². The number of carbonyl (C=O) groups is 2. The van der Waals surface area contributed by atoms with Crippen molar-refractivity contribution in [2.75, 3.05) is 26.2 Å². The molecule has 2 aliphatic rings. The molecule has 0 atom stereocenters. The Labute approximate surface area is 125 Å². The number of hydrogen-bond donors (Lipinski definition) is 2. The number of aliphatic hydroxyl groups is 1. The van der Waals surface area contributed by atoms with Gasteiger partial charge in [0.05, 0.1) is 11.0 Å². The number of urea groups is 1. The van der Waals surface area contributed by atoms with E-state index in [-0.39, 0.29) is 6.03 Å². The number of carbonyl (C=O) groups excluding carboxylic acids is 1. The largest absolute Gasteiger partial charge is 0.481 e. The molecule has 0 aliphatic carbocycles. The molecule has 0 unspecified atom stereocenters. The van der Waals surface area contributed by atoms with Gasteiger partial charge in [0.15, 0.2) is 0 Å². The second-order valence-corrected chi connectivity index (χ2v) is 6.69. The van der Waals surface area contributed by atoms with Gasteiger partial charge in [-0.25, -0.2) is 4.79 Å². The first-order chi connectivity index (χ1) is 9.80. The molecule has 2 rings (SSSR count). The van der Waals surface area contributed by atoms with E-state index in [1.165, 1.54) is 0 Å².